The molecular formula is C11H22O4Si. The maximum Gasteiger partial charge on any atom is 0.334 e. The van der Waals surface area contributed by atoms with E-state index in [1.54, 1.807) is 0 Å². The van der Waals surface area contributed by atoms with Crippen molar-refractivity contribution in [2.24, 2.45) is 0 Å². The smallest absolute Gasteiger partial charge is 0.334 e. The van der Waals surface area contributed by atoms with Crippen molar-refractivity contribution in [3.8, 4) is 0 Å². The van der Waals surface area contributed by atoms with E-state index < -0.39 is 14.5 Å². The second-order valence-corrected chi connectivity index (χ2v) is 7.11. The molecule has 0 unspecified atom stereocenters. The van der Waals surface area contributed by atoms with Crippen molar-refractivity contribution in [3.05, 3.63) is 12.2 Å². The Hall–Kier alpha value is -0.653. The summed E-state index contributed by atoms with van der Waals surface area (Å²) < 4.78 is 11.3. The molecule has 0 heterocycles. The molecule has 0 spiro atoms. The van der Waals surface area contributed by atoms with Gasteiger partial charge in [-0.1, -0.05) is 6.58 Å². The first kappa shape index (κ1) is 15.3. The number of aliphatic carboxylic acids is 1. The van der Waals surface area contributed by atoms with Gasteiger partial charge in [-0.2, -0.15) is 0 Å². The molecule has 0 aliphatic rings. The van der Waals surface area contributed by atoms with E-state index in [9.17, 15) is 4.79 Å². The monoisotopic (exact) mass is 246 g/mol. The number of rotatable bonds is 9. The summed E-state index contributed by atoms with van der Waals surface area (Å²) in [7, 11) is -2.09. The maximum atomic E-state index is 10.6. The van der Waals surface area contributed by atoms with Gasteiger partial charge in [0.2, 0.25) is 0 Å². The summed E-state index contributed by atoms with van der Waals surface area (Å²) in [5, 5.41) is 8.67. The minimum atomic E-state index is -2.09. The summed E-state index contributed by atoms with van der Waals surface area (Å²) >= 11 is 0. The second kappa shape index (κ2) is 7.59. The zero-order valence-corrected chi connectivity index (χ0v) is 11.4. The summed E-state index contributed by atoms with van der Waals surface area (Å²) in [6.45, 7) is 10.7. The minimum absolute atomic E-state index is 0.254. The molecule has 0 aliphatic carbocycles. The van der Waals surface area contributed by atoms with Gasteiger partial charge < -0.3 is 14.0 Å². The van der Waals surface area contributed by atoms with Gasteiger partial charge in [-0.15, -0.1) is 0 Å². The third-order valence-corrected chi connectivity index (χ3v) is 5.37. The van der Waals surface area contributed by atoms with Crippen LogP contribution in [-0.2, 0) is 13.6 Å². The first-order valence-electron chi connectivity index (χ1n) is 5.64. The van der Waals surface area contributed by atoms with Crippen LogP contribution in [0.5, 0.6) is 0 Å². The van der Waals surface area contributed by atoms with Crippen molar-refractivity contribution in [2.75, 3.05) is 13.2 Å². The van der Waals surface area contributed by atoms with Crippen LogP contribution in [-0.4, -0.2) is 32.9 Å². The highest BCUT2D eigenvalue weighted by molar-refractivity contribution is 6.66. The Labute approximate surface area is 98.5 Å². The lowest BCUT2D eigenvalue weighted by molar-refractivity contribution is -0.132. The van der Waals surface area contributed by atoms with Crippen molar-refractivity contribution >= 4 is 14.5 Å². The molecular weight excluding hydrogens is 224 g/mol. The lowest BCUT2D eigenvalue weighted by atomic mass is 10.2. The molecule has 0 aromatic heterocycles. The zero-order chi connectivity index (χ0) is 12.6. The number of carboxylic acid groups (broad SMARTS) is 1. The molecule has 0 rings (SSSR count). The number of hydrogen-bond acceptors (Lipinski definition) is 3. The average molecular weight is 246 g/mol. The molecule has 0 saturated heterocycles. The molecule has 94 valence electrons. The summed E-state index contributed by atoms with van der Waals surface area (Å²) in [6.07, 6.45) is 1.26. The minimum Gasteiger partial charge on any atom is -0.478 e. The molecule has 0 radical (unpaired) electrons. The average Bonchev–Trinajstić information content (AvgIpc) is 2.17. The van der Waals surface area contributed by atoms with Crippen LogP contribution in [0.25, 0.3) is 0 Å². The van der Waals surface area contributed by atoms with Gasteiger partial charge >= 0.3 is 14.5 Å². The normalized spacial score (nSPS) is 11.4. The van der Waals surface area contributed by atoms with Gasteiger partial charge in [0.05, 0.1) is 0 Å². The van der Waals surface area contributed by atoms with E-state index in [0.717, 1.165) is 12.5 Å². The topological polar surface area (TPSA) is 55.8 Å². The van der Waals surface area contributed by atoms with Crippen molar-refractivity contribution in [1.29, 1.82) is 0 Å². The van der Waals surface area contributed by atoms with E-state index in [-0.39, 0.29) is 5.57 Å². The van der Waals surface area contributed by atoms with Crippen molar-refractivity contribution < 1.29 is 18.8 Å². The van der Waals surface area contributed by atoms with E-state index in [1.165, 1.54) is 0 Å². The SMILES string of the molecule is C=C(CCC[Si](C)(OCC)OCC)C(=O)O. The first-order chi connectivity index (χ1) is 7.45. The Morgan fingerprint density at radius 2 is 1.81 bits per heavy atom. The Morgan fingerprint density at radius 3 is 2.19 bits per heavy atom. The first-order valence-corrected chi connectivity index (χ1v) is 8.16. The summed E-state index contributed by atoms with van der Waals surface area (Å²) in [6, 6.07) is 0.807. The fourth-order valence-electron chi connectivity index (χ4n) is 1.53. The van der Waals surface area contributed by atoms with Gasteiger partial charge in [-0.05, 0) is 39.3 Å². The van der Waals surface area contributed by atoms with Crippen LogP contribution < -0.4 is 0 Å². The van der Waals surface area contributed by atoms with Crippen molar-refractivity contribution in [2.45, 2.75) is 39.3 Å². The van der Waals surface area contributed by atoms with Crippen LogP contribution in [0.3, 0.4) is 0 Å². The third-order valence-electron chi connectivity index (χ3n) is 2.31. The Morgan fingerprint density at radius 1 is 1.31 bits per heavy atom. The van der Waals surface area contributed by atoms with E-state index in [1.807, 2.05) is 20.4 Å². The Kier molecular flexibility index (Phi) is 7.28. The van der Waals surface area contributed by atoms with Crippen molar-refractivity contribution in [1.82, 2.24) is 0 Å². The van der Waals surface area contributed by atoms with Crippen LogP contribution in [0, 0.1) is 0 Å². The summed E-state index contributed by atoms with van der Waals surface area (Å²) in [4.78, 5) is 10.6. The van der Waals surface area contributed by atoms with Gasteiger partial charge in [0.1, 0.15) is 0 Å². The van der Waals surface area contributed by atoms with Gasteiger partial charge in [-0.3, -0.25) is 0 Å². The quantitative estimate of drug-likeness (QED) is 0.502. The van der Waals surface area contributed by atoms with E-state index in [4.69, 9.17) is 14.0 Å². The molecule has 0 aliphatic heterocycles. The molecule has 1 N–H and O–H groups in total. The number of carboxylic acids is 1. The number of hydrogen-bond donors (Lipinski definition) is 1. The van der Waals surface area contributed by atoms with Crippen LogP contribution in [0.1, 0.15) is 26.7 Å². The Balaban J connectivity index is 4.02. The van der Waals surface area contributed by atoms with Gasteiger partial charge in [-0.25, -0.2) is 4.79 Å². The molecule has 0 amide bonds. The molecule has 0 aromatic rings. The van der Waals surface area contributed by atoms with Crippen LogP contribution in [0.15, 0.2) is 12.2 Å². The Bertz CT molecular complexity index is 234. The molecule has 0 aromatic carbocycles. The van der Waals surface area contributed by atoms with Gasteiger partial charge in [0, 0.05) is 18.8 Å². The predicted octanol–water partition coefficient (Wildman–Crippen LogP) is 2.55. The standard InChI is InChI=1S/C11H22O4Si/c1-5-14-16(4,15-6-2)9-7-8-10(3)11(12)13/h3,5-9H2,1-2,4H3,(H,12,13). The highest BCUT2D eigenvalue weighted by atomic mass is 28.4. The van der Waals surface area contributed by atoms with Crippen LogP contribution in [0.4, 0.5) is 0 Å². The van der Waals surface area contributed by atoms with Crippen molar-refractivity contribution in [3.63, 3.8) is 0 Å². The van der Waals surface area contributed by atoms with E-state index >= 15 is 0 Å². The zero-order valence-electron chi connectivity index (χ0n) is 10.4. The molecule has 0 bridgehead atoms. The summed E-state index contributed by atoms with van der Waals surface area (Å²) in [5.74, 6) is -0.920. The van der Waals surface area contributed by atoms with Gasteiger partial charge in [0.15, 0.2) is 0 Å². The fraction of sp³-hybridized carbons (Fsp3) is 0.727. The molecule has 4 nitrogen and oxygen atoms in total. The lowest BCUT2D eigenvalue weighted by Gasteiger charge is -2.25. The fourth-order valence-corrected chi connectivity index (χ4v) is 3.94. The van der Waals surface area contributed by atoms with Crippen LogP contribution >= 0.6 is 0 Å². The van der Waals surface area contributed by atoms with Gasteiger partial charge in [0.25, 0.3) is 0 Å². The van der Waals surface area contributed by atoms with Crippen LogP contribution in [0.2, 0.25) is 12.6 Å². The molecule has 16 heavy (non-hydrogen) atoms. The maximum absolute atomic E-state index is 10.6. The lowest BCUT2D eigenvalue weighted by Crippen LogP contribution is -2.38. The van der Waals surface area contributed by atoms with E-state index in [0.29, 0.717) is 19.6 Å². The highest BCUT2D eigenvalue weighted by Crippen LogP contribution is 2.18. The third kappa shape index (κ3) is 6.04. The molecule has 5 heteroatoms. The molecule has 0 fully saturated rings. The highest BCUT2D eigenvalue weighted by Gasteiger charge is 2.30. The number of carbonyl (C=O) groups is 1. The molecule has 0 atom stereocenters. The second-order valence-electron chi connectivity index (χ2n) is 3.76. The largest absolute Gasteiger partial charge is 0.478 e. The summed E-state index contributed by atoms with van der Waals surface area (Å²) in [5.41, 5.74) is 0.254. The van der Waals surface area contributed by atoms with E-state index in [2.05, 4.69) is 6.58 Å². The molecule has 0 saturated carbocycles. The predicted molar refractivity (Wildman–Crippen MR) is 65.7 cm³/mol.